The number of thiazole rings is 1. The fraction of sp³-hybridized carbons (Fsp3) is 0.111. The maximum atomic E-state index is 8.62. The molecule has 2 aromatic rings. The smallest absolute Gasteiger partial charge is 0.138 e. The number of thiocyanates is 1. The molecule has 0 fully saturated rings. The molecule has 2 N–H and O–H groups in total. The van der Waals surface area contributed by atoms with E-state index in [9.17, 15) is 0 Å². The molecule has 1 aromatic carbocycles. The summed E-state index contributed by atoms with van der Waals surface area (Å²) < 4.78 is 1.01. The lowest BCUT2D eigenvalue weighted by atomic mass is 10.3. The zero-order valence-corrected chi connectivity index (χ0v) is 9.08. The number of aryl methyl sites for hydroxylation is 1. The largest absolute Gasteiger partial charge is 0.397 e. The number of nitrogens with zero attached hydrogens (tertiary/aromatic N) is 2. The highest BCUT2D eigenvalue weighted by Crippen LogP contribution is 2.34. The molecule has 0 saturated heterocycles. The number of hydrogen-bond donors (Lipinski definition) is 1. The third-order valence-electron chi connectivity index (χ3n) is 1.80. The number of benzene rings is 1. The quantitative estimate of drug-likeness (QED) is 0.457. The van der Waals surface area contributed by atoms with Gasteiger partial charge in [-0.25, -0.2) is 4.98 Å². The molecule has 0 aliphatic carbocycles. The van der Waals surface area contributed by atoms with Crippen molar-refractivity contribution in [2.45, 2.75) is 11.8 Å². The van der Waals surface area contributed by atoms with Gasteiger partial charge in [0.15, 0.2) is 0 Å². The van der Waals surface area contributed by atoms with Crippen LogP contribution in [-0.4, -0.2) is 4.98 Å². The van der Waals surface area contributed by atoms with Crippen molar-refractivity contribution in [1.82, 2.24) is 4.98 Å². The average Bonchev–Trinajstić information content (AvgIpc) is 2.53. The maximum absolute atomic E-state index is 8.62. The van der Waals surface area contributed by atoms with Gasteiger partial charge in [-0.1, -0.05) is 0 Å². The molecule has 0 unspecified atom stereocenters. The number of aromatic nitrogens is 1. The molecule has 3 nitrogen and oxygen atoms in total. The number of nitrogen functional groups attached to an aromatic ring is 1. The van der Waals surface area contributed by atoms with Gasteiger partial charge in [-0.3, -0.25) is 0 Å². The Morgan fingerprint density at radius 3 is 3.07 bits per heavy atom. The van der Waals surface area contributed by atoms with Crippen LogP contribution in [0, 0.1) is 17.6 Å². The lowest BCUT2D eigenvalue weighted by Gasteiger charge is -1.97. The predicted molar refractivity (Wildman–Crippen MR) is 60.2 cm³/mol. The van der Waals surface area contributed by atoms with Crippen molar-refractivity contribution in [3.8, 4) is 5.40 Å². The Morgan fingerprint density at radius 1 is 1.57 bits per heavy atom. The van der Waals surface area contributed by atoms with Gasteiger partial charge in [0.1, 0.15) is 10.9 Å². The minimum atomic E-state index is 0.673. The minimum Gasteiger partial charge on any atom is -0.397 e. The SMILES string of the molecule is Cc1nc2c(N)ccc(SC#N)c2s1. The first kappa shape index (κ1) is 9.31. The second kappa shape index (κ2) is 3.48. The number of nitrogens with two attached hydrogens (primary N) is 1. The zero-order chi connectivity index (χ0) is 10.1. The molecule has 0 amide bonds. The van der Waals surface area contributed by atoms with E-state index in [-0.39, 0.29) is 0 Å². The van der Waals surface area contributed by atoms with Crippen LogP contribution < -0.4 is 5.73 Å². The van der Waals surface area contributed by atoms with Crippen LogP contribution in [0.5, 0.6) is 0 Å². The third-order valence-corrected chi connectivity index (χ3v) is 3.59. The molecule has 14 heavy (non-hydrogen) atoms. The van der Waals surface area contributed by atoms with Crippen molar-refractivity contribution in [2.75, 3.05) is 5.73 Å². The first-order valence-electron chi connectivity index (χ1n) is 3.94. The van der Waals surface area contributed by atoms with Crippen molar-refractivity contribution in [1.29, 1.82) is 5.26 Å². The Hall–Kier alpha value is -1.25. The van der Waals surface area contributed by atoms with Crippen LogP contribution in [0.2, 0.25) is 0 Å². The number of fused-ring (bicyclic) bond motifs is 1. The Labute approximate surface area is 89.6 Å². The van der Waals surface area contributed by atoms with E-state index >= 15 is 0 Å². The summed E-state index contributed by atoms with van der Waals surface area (Å²) >= 11 is 2.72. The fourth-order valence-electron chi connectivity index (χ4n) is 1.24. The highest BCUT2D eigenvalue weighted by Gasteiger charge is 2.09. The van der Waals surface area contributed by atoms with E-state index < -0.39 is 0 Å². The summed E-state index contributed by atoms with van der Waals surface area (Å²) in [5, 5.41) is 11.7. The number of rotatable bonds is 1. The Kier molecular flexibility index (Phi) is 2.32. The summed E-state index contributed by atoms with van der Waals surface area (Å²) in [6.45, 7) is 1.94. The monoisotopic (exact) mass is 221 g/mol. The van der Waals surface area contributed by atoms with Crippen LogP contribution in [0.1, 0.15) is 5.01 Å². The van der Waals surface area contributed by atoms with Crippen molar-refractivity contribution in [2.24, 2.45) is 0 Å². The maximum Gasteiger partial charge on any atom is 0.138 e. The van der Waals surface area contributed by atoms with Crippen LogP contribution in [0.4, 0.5) is 5.69 Å². The standard InChI is InChI=1S/C9H7N3S2/c1-5-12-8-6(11)2-3-7(13-4-10)9(8)14-5/h2-3H,11H2,1H3. The second-order valence-corrected chi connectivity index (χ2v) is 4.79. The molecule has 0 spiro atoms. The van der Waals surface area contributed by atoms with Crippen LogP contribution in [0.25, 0.3) is 10.2 Å². The van der Waals surface area contributed by atoms with Crippen molar-refractivity contribution >= 4 is 39.0 Å². The summed E-state index contributed by atoms with van der Waals surface area (Å²) in [5.41, 5.74) is 7.27. The molecule has 0 aliphatic rings. The molecule has 0 bridgehead atoms. The predicted octanol–water partition coefficient (Wildman–Crippen LogP) is 2.76. The molecule has 0 atom stereocenters. The van der Waals surface area contributed by atoms with E-state index in [2.05, 4.69) is 10.4 Å². The van der Waals surface area contributed by atoms with E-state index in [1.165, 1.54) is 0 Å². The first-order valence-corrected chi connectivity index (χ1v) is 5.57. The van der Waals surface area contributed by atoms with E-state index in [4.69, 9.17) is 11.0 Å². The van der Waals surface area contributed by atoms with Crippen molar-refractivity contribution in [3.63, 3.8) is 0 Å². The molecule has 0 saturated carbocycles. The van der Waals surface area contributed by atoms with Gasteiger partial charge in [-0.15, -0.1) is 11.3 Å². The highest BCUT2D eigenvalue weighted by atomic mass is 32.2. The summed E-state index contributed by atoms with van der Waals surface area (Å²) in [6.07, 6.45) is 0. The van der Waals surface area contributed by atoms with Crippen LogP contribution >= 0.6 is 23.1 Å². The summed E-state index contributed by atoms with van der Waals surface area (Å²) in [4.78, 5) is 5.26. The Bertz CT molecular complexity index is 525. The van der Waals surface area contributed by atoms with Gasteiger partial charge >= 0.3 is 0 Å². The highest BCUT2D eigenvalue weighted by molar-refractivity contribution is 8.04. The fourth-order valence-corrected chi connectivity index (χ4v) is 2.77. The van der Waals surface area contributed by atoms with Gasteiger partial charge in [0, 0.05) is 4.90 Å². The molecular weight excluding hydrogens is 214 g/mol. The van der Waals surface area contributed by atoms with Crippen LogP contribution in [-0.2, 0) is 0 Å². The molecule has 0 aliphatic heterocycles. The number of thioether (sulfide) groups is 1. The van der Waals surface area contributed by atoms with Crippen molar-refractivity contribution in [3.05, 3.63) is 17.1 Å². The third kappa shape index (κ3) is 1.43. The Balaban J connectivity index is 2.75. The summed E-state index contributed by atoms with van der Waals surface area (Å²) in [5.74, 6) is 0. The second-order valence-electron chi connectivity index (χ2n) is 2.76. The van der Waals surface area contributed by atoms with Crippen molar-refractivity contribution < 1.29 is 0 Å². The van der Waals surface area contributed by atoms with E-state index in [0.717, 1.165) is 31.9 Å². The van der Waals surface area contributed by atoms with Gasteiger partial charge in [0.05, 0.1) is 15.4 Å². The van der Waals surface area contributed by atoms with E-state index in [1.54, 1.807) is 17.4 Å². The lowest BCUT2D eigenvalue weighted by Crippen LogP contribution is -1.86. The van der Waals surface area contributed by atoms with Gasteiger partial charge in [-0.2, -0.15) is 5.26 Å². The number of nitriles is 1. The lowest BCUT2D eigenvalue weighted by molar-refractivity contribution is 1.34. The van der Waals surface area contributed by atoms with Gasteiger partial charge in [0.25, 0.3) is 0 Å². The van der Waals surface area contributed by atoms with Crippen LogP contribution in [0.3, 0.4) is 0 Å². The average molecular weight is 221 g/mol. The number of hydrogen-bond acceptors (Lipinski definition) is 5. The number of anilines is 1. The molecule has 2 rings (SSSR count). The van der Waals surface area contributed by atoms with Crippen LogP contribution in [0.15, 0.2) is 17.0 Å². The molecule has 70 valence electrons. The molecule has 0 radical (unpaired) electrons. The van der Waals surface area contributed by atoms with Gasteiger partial charge in [0.2, 0.25) is 0 Å². The molecule has 1 heterocycles. The molecule has 5 heteroatoms. The summed E-state index contributed by atoms with van der Waals surface area (Å²) in [6, 6.07) is 3.66. The van der Waals surface area contributed by atoms with E-state index in [0.29, 0.717) is 5.69 Å². The topological polar surface area (TPSA) is 62.7 Å². The normalized spacial score (nSPS) is 10.3. The minimum absolute atomic E-state index is 0.673. The van der Waals surface area contributed by atoms with Gasteiger partial charge in [-0.05, 0) is 30.8 Å². The molecular formula is C9H7N3S2. The Morgan fingerprint density at radius 2 is 2.36 bits per heavy atom. The first-order chi connectivity index (χ1) is 6.72. The van der Waals surface area contributed by atoms with E-state index in [1.807, 2.05) is 13.0 Å². The summed E-state index contributed by atoms with van der Waals surface area (Å²) in [7, 11) is 0. The molecule has 1 aromatic heterocycles. The zero-order valence-electron chi connectivity index (χ0n) is 7.44. The van der Waals surface area contributed by atoms with Gasteiger partial charge < -0.3 is 5.73 Å².